The molecule has 1 aromatic carbocycles. The molecule has 0 saturated heterocycles. The number of amides is 1. The van der Waals surface area contributed by atoms with Crippen molar-refractivity contribution in [3.05, 3.63) is 23.8 Å². The number of rotatable bonds is 0. The summed E-state index contributed by atoms with van der Waals surface area (Å²) in [6.07, 6.45) is 0. The highest BCUT2D eigenvalue weighted by Crippen LogP contribution is 2.27. The highest BCUT2D eigenvalue weighted by Gasteiger charge is 2.16. The van der Waals surface area contributed by atoms with Crippen molar-refractivity contribution in [3.63, 3.8) is 0 Å². The Morgan fingerprint density at radius 1 is 1.27 bits per heavy atom. The van der Waals surface area contributed by atoms with Crippen LogP contribution >= 0.6 is 0 Å². The van der Waals surface area contributed by atoms with E-state index in [9.17, 15) is 4.79 Å². The van der Waals surface area contributed by atoms with Crippen molar-refractivity contribution in [2.45, 2.75) is 0 Å². The van der Waals surface area contributed by atoms with Gasteiger partial charge in [0.15, 0.2) is 0 Å². The van der Waals surface area contributed by atoms with Crippen molar-refractivity contribution in [1.82, 2.24) is 0 Å². The van der Waals surface area contributed by atoms with Gasteiger partial charge >= 0.3 is 0 Å². The number of nitrogen functional groups attached to an aromatic ring is 1. The minimum Gasteiger partial charge on any atom is -0.399 e. The number of hydrogen-bond donors (Lipinski definition) is 1. The van der Waals surface area contributed by atoms with Crippen LogP contribution in [0, 0.1) is 0 Å². The lowest BCUT2D eigenvalue weighted by Gasteiger charge is -1.93. The average molecular weight is 147 g/mol. The van der Waals surface area contributed by atoms with E-state index < -0.39 is 0 Å². The summed E-state index contributed by atoms with van der Waals surface area (Å²) in [5.74, 6) is -0.313. The van der Waals surface area contributed by atoms with Crippen LogP contribution in [0.15, 0.2) is 28.4 Å². The first-order valence-corrected chi connectivity index (χ1v) is 3.13. The van der Waals surface area contributed by atoms with E-state index in [2.05, 4.69) is 10.2 Å². The molecule has 0 aromatic heterocycles. The number of benzene rings is 1. The number of nitrogens with zero attached hydrogens (tertiary/aromatic N) is 2. The molecule has 0 fully saturated rings. The van der Waals surface area contributed by atoms with Crippen LogP contribution in [0.1, 0.15) is 10.4 Å². The van der Waals surface area contributed by atoms with Gasteiger partial charge in [-0.1, -0.05) is 0 Å². The predicted octanol–water partition coefficient (Wildman–Crippen LogP) is 1.51. The molecule has 0 bridgehead atoms. The Morgan fingerprint density at radius 3 is 2.91 bits per heavy atom. The fourth-order valence-corrected chi connectivity index (χ4v) is 0.965. The lowest BCUT2D eigenvalue weighted by atomic mass is 10.1. The topological polar surface area (TPSA) is 67.8 Å². The minimum atomic E-state index is -0.313. The smallest absolute Gasteiger partial charge is 0.297 e. The van der Waals surface area contributed by atoms with Crippen LogP contribution in [0.3, 0.4) is 0 Å². The van der Waals surface area contributed by atoms with E-state index in [0.717, 1.165) is 0 Å². The van der Waals surface area contributed by atoms with Crippen molar-refractivity contribution in [3.8, 4) is 0 Å². The molecule has 1 amide bonds. The molecular formula is C7H5N3O. The molecule has 4 heteroatoms. The number of fused-ring (bicyclic) bond motifs is 1. The molecule has 0 unspecified atom stereocenters. The number of azo groups is 1. The van der Waals surface area contributed by atoms with E-state index in [-0.39, 0.29) is 5.91 Å². The summed E-state index contributed by atoms with van der Waals surface area (Å²) >= 11 is 0. The molecule has 4 nitrogen and oxygen atoms in total. The number of carbonyl (C=O) groups excluding carboxylic acids is 1. The number of nitrogens with two attached hydrogens (primary N) is 1. The third-order valence-electron chi connectivity index (χ3n) is 1.50. The van der Waals surface area contributed by atoms with Crippen molar-refractivity contribution in [1.29, 1.82) is 0 Å². The van der Waals surface area contributed by atoms with Gasteiger partial charge in [-0.15, -0.1) is 10.2 Å². The minimum absolute atomic E-state index is 0.313. The number of anilines is 1. The van der Waals surface area contributed by atoms with Gasteiger partial charge in [-0.05, 0) is 18.2 Å². The third kappa shape index (κ3) is 0.797. The van der Waals surface area contributed by atoms with Gasteiger partial charge in [0.05, 0.1) is 11.3 Å². The Hall–Kier alpha value is -1.71. The van der Waals surface area contributed by atoms with Crippen molar-refractivity contribution < 1.29 is 4.79 Å². The van der Waals surface area contributed by atoms with E-state index in [1.165, 1.54) is 0 Å². The molecule has 0 aliphatic carbocycles. The second-order valence-electron chi connectivity index (χ2n) is 2.28. The van der Waals surface area contributed by atoms with Crippen LogP contribution in [-0.2, 0) is 0 Å². The van der Waals surface area contributed by atoms with Crippen LogP contribution in [0.4, 0.5) is 11.4 Å². The quantitative estimate of drug-likeness (QED) is 0.565. The molecule has 0 spiro atoms. The molecule has 1 heterocycles. The summed E-state index contributed by atoms with van der Waals surface area (Å²) in [4.78, 5) is 10.9. The fraction of sp³-hybridized carbons (Fsp3) is 0. The van der Waals surface area contributed by atoms with Crippen LogP contribution < -0.4 is 5.73 Å². The fourth-order valence-electron chi connectivity index (χ4n) is 0.965. The third-order valence-corrected chi connectivity index (χ3v) is 1.50. The Morgan fingerprint density at radius 2 is 2.09 bits per heavy atom. The lowest BCUT2D eigenvalue weighted by Crippen LogP contribution is -1.91. The van der Waals surface area contributed by atoms with Crippen LogP contribution in [0.5, 0.6) is 0 Å². The predicted molar refractivity (Wildman–Crippen MR) is 39.7 cm³/mol. The molecule has 1 aliphatic heterocycles. The van der Waals surface area contributed by atoms with Gasteiger partial charge in [0, 0.05) is 5.69 Å². The van der Waals surface area contributed by atoms with Gasteiger partial charge < -0.3 is 5.73 Å². The highest BCUT2D eigenvalue weighted by molar-refractivity contribution is 6.02. The molecular weight excluding hydrogens is 142 g/mol. The normalized spacial score (nSPS) is 13.6. The zero-order valence-electron chi connectivity index (χ0n) is 5.61. The van der Waals surface area contributed by atoms with Gasteiger partial charge in [-0.2, -0.15) is 0 Å². The van der Waals surface area contributed by atoms with Crippen LogP contribution in [0.2, 0.25) is 0 Å². The van der Waals surface area contributed by atoms with Crippen molar-refractivity contribution >= 4 is 17.3 Å². The molecule has 0 saturated carbocycles. The van der Waals surface area contributed by atoms with Crippen molar-refractivity contribution in [2.75, 3.05) is 5.73 Å². The largest absolute Gasteiger partial charge is 0.399 e. The zero-order chi connectivity index (χ0) is 7.84. The molecule has 1 aliphatic rings. The first-order chi connectivity index (χ1) is 5.27. The monoisotopic (exact) mass is 147 g/mol. The Bertz CT molecular complexity index is 357. The van der Waals surface area contributed by atoms with Crippen LogP contribution in [0.25, 0.3) is 0 Å². The molecule has 2 N–H and O–H groups in total. The summed E-state index contributed by atoms with van der Waals surface area (Å²) in [5, 5.41) is 7.02. The molecule has 11 heavy (non-hydrogen) atoms. The number of hydrogen-bond acceptors (Lipinski definition) is 3. The maximum absolute atomic E-state index is 10.9. The van der Waals surface area contributed by atoms with E-state index >= 15 is 0 Å². The molecule has 2 rings (SSSR count). The lowest BCUT2D eigenvalue weighted by molar-refractivity contribution is 0.100. The van der Waals surface area contributed by atoms with Crippen LogP contribution in [-0.4, -0.2) is 5.91 Å². The summed E-state index contributed by atoms with van der Waals surface area (Å²) in [6, 6.07) is 4.95. The first-order valence-electron chi connectivity index (χ1n) is 3.13. The SMILES string of the molecule is Nc1ccc2c(c1)C(=O)N=N2. The molecule has 0 atom stereocenters. The highest BCUT2D eigenvalue weighted by atomic mass is 16.2. The van der Waals surface area contributed by atoms with E-state index in [4.69, 9.17) is 5.73 Å². The second-order valence-corrected chi connectivity index (χ2v) is 2.28. The van der Waals surface area contributed by atoms with E-state index in [1.54, 1.807) is 18.2 Å². The number of carbonyl (C=O) groups is 1. The van der Waals surface area contributed by atoms with Gasteiger partial charge in [-0.25, -0.2) is 0 Å². The summed E-state index contributed by atoms with van der Waals surface area (Å²) in [6.45, 7) is 0. The molecule has 1 aromatic rings. The van der Waals surface area contributed by atoms with Gasteiger partial charge in [0.1, 0.15) is 0 Å². The molecule has 0 radical (unpaired) electrons. The molecule has 54 valence electrons. The summed E-state index contributed by atoms with van der Waals surface area (Å²) < 4.78 is 0. The van der Waals surface area contributed by atoms with Gasteiger partial charge in [0.2, 0.25) is 0 Å². The zero-order valence-corrected chi connectivity index (χ0v) is 5.61. The summed E-state index contributed by atoms with van der Waals surface area (Å²) in [7, 11) is 0. The van der Waals surface area contributed by atoms with E-state index in [1.807, 2.05) is 0 Å². The van der Waals surface area contributed by atoms with E-state index in [0.29, 0.717) is 16.9 Å². The maximum atomic E-state index is 10.9. The average Bonchev–Trinajstić information content (AvgIpc) is 2.33. The Balaban J connectivity index is 2.67. The Kier molecular flexibility index (Phi) is 1.03. The van der Waals surface area contributed by atoms with Crippen molar-refractivity contribution in [2.24, 2.45) is 10.2 Å². The Labute approximate surface area is 62.7 Å². The van der Waals surface area contributed by atoms with Gasteiger partial charge in [-0.3, -0.25) is 4.79 Å². The first kappa shape index (κ1) is 6.03. The maximum Gasteiger partial charge on any atom is 0.297 e. The summed E-state index contributed by atoms with van der Waals surface area (Å²) in [5.41, 5.74) is 7.11. The second kappa shape index (κ2) is 1.88. The standard InChI is InChI=1S/C7H5N3O/c8-4-1-2-6-5(3-4)7(11)10-9-6/h1-3H,8H2. The van der Waals surface area contributed by atoms with Gasteiger partial charge in [0.25, 0.3) is 5.91 Å².